The molecule has 4 heteroatoms. The predicted octanol–water partition coefficient (Wildman–Crippen LogP) is 1.12. The molecular formula is C16H16NO3-. The summed E-state index contributed by atoms with van der Waals surface area (Å²) in [6, 6.07) is 7.48. The molecule has 4 atom stereocenters. The first-order valence-corrected chi connectivity index (χ1v) is 6.83. The molecule has 1 aromatic carbocycles. The fourth-order valence-corrected chi connectivity index (χ4v) is 3.43. The molecule has 0 heterocycles. The van der Waals surface area contributed by atoms with E-state index in [0.29, 0.717) is 0 Å². The third-order valence-electron chi connectivity index (χ3n) is 4.44. The lowest BCUT2D eigenvalue weighted by molar-refractivity contribution is -0.313. The van der Waals surface area contributed by atoms with Crippen molar-refractivity contribution in [3.05, 3.63) is 42.0 Å². The van der Waals surface area contributed by atoms with Crippen LogP contribution in [-0.4, -0.2) is 11.9 Å². The average Bonchev–Trinajstić information content (AvgIpc) is 3.01. The van der Waals surface area contributed by atoms with Crippen molar-refractivity contribution < 1.29 is 14.7 Å². The van der Waals surface area contributed by atoms with Crippen LogP contribution in [-0.2, 0) is 9.59 Å². The molecule has 0 radical (unpaired) electrons. The molecule has 0 aromatic heterocycles. The number of hydrogen-bond donors (Lipinski definition) is 1. The average molecular weight is 270 g/mol. The van der Waals surface area contributed by atoms with Crippen molar-refractivity contribution in [2.45, 2.75) is 13.3 Å². The first-order valence-electron chi connectivity index (χ1n) is 6.83. The summed E-state index contributed by atoms with van der Waals surface area (Å²) in [6.45, 7) is 1.91. The number of rotatable bonds is 3. The molecular weight excluding hydrogens is 254 g/mol. The van der Waals surface area contributed by atoms with E-state index >= 15 is 0 Å². The highest BCUT2D eigenvalue weighted by Gasteiger charge is 2.48. The number of carboxylic acids is 1. The first-order chi connectivity index (χ1) is 9.58. The Morgan fingerprint density at radius 3 is 2.45 bits per heavy atom. The van der Waals surface area contributed by atoms with Crippen LogP contribution in [0.2, 0.25) is 0 Å². The van der Waals surface area contributed by atoms with Crippen LogP contribution in [0.1, 0.15) is 12.0 Å². The van der Waals surface area contributed by atoms with Gasteiger partial charge in [0.1, 0.15) is 0 Å². The van der Waals surface area contributed by atoms with Gasteiger partial charge in [-0.3, -0.25) is 4.79 Å². The minimum atomic E-state index is -1.12. The van der Waals surface area contributed by atoms with E-state index in [9.17, 15) is 14.7 Å². The van der Waals surface area contributed by atoms with Crippen LogP contribution in [0.15, 0.2) is 36.4 Å². The zero-order valence-corrected chi connectivity index (χ0v) is 11.2. The molecule has 4 nitrogen and oxygen atoms in total. The van der Waals surface area contributed by atoms with Gasteiger partial charge in [0.2, 0.25) is 5.91 Å². The zero-order valence-electron chi connectivity index (χ0n) is 11.2. The maximum absolute atomic E-state index is 12.4. The quantitative estimate of drug-likeness (QED) is 0.837. The van der Waals surface area contributed by atoms with E-state index in [1.54, 1.807) is 0 Å². The number of fused-ring (bicyclic) bond motifs is 2. The van der Waals surface area contributed by atoms with Gasteiger partial charge in [-0.05, 0) is 36.8 Å². The standard InChI is InChI=1S/C16H17NO3/c1-9-4-2-3-5-12(9)17-15(18)13-10-6-7-11(8-10)14(13)16(19)20/h2-7,10-11,13-14H,8H2,1H3,(H,17,18)(H,19,20)/p-1/t10-,11-,13-,14-/m0/s1. The Balaban J connectivity index is 1.82. The number of carboxylic acid groups (broad SMARTS) is 1. The first kappa shape index (κ1) is 12.9. The second-order valence-corrected chi connectivity index (χ2v) is 5.62. The highest BCUT2D eigenvalue weighted by atomic mass is 16.4. The summed E-state index contributed by atoms with van der Waals surface area (Å²) in [6.07, 6.45) is 4.61. The molecule has 104 valence electrons. The van der Waals surface area contributed by atoms with Gasteiger partial charge in [0.05, 0.1) is 5.92 Å². The molecule has 2 aliphatic carbocycles. The van der Waals surface area contributed by atoms with Crippen molar-refractivity contribution in [1.29, 1.82) is 0 Å². The molecule has 1 fully saturated rings. The maximum Gasteiger partial charge on any atom is 0.228 e. The van der Waals surface area contributed by atoms with Crippen molar-refractivity contribution in [1.82, 2.24) is 0 Å². The fourth-order valence-electron chi connectivity index (χ4n) is 3.43. The van der Waals surface area contributed by atoms with E-state index in [-0.39, 0.29) is 17.7 Å². The largest absolute Gasteiger partial charge is 0.550 e. The summed E-state index contributed by atoms with van der Waals surface area (Å²) < 4.78 is 0. The summed E-state index contributed by atoms with van der Waals surface area (Å²) in [5.74, 6) is -2.59. The topological polar surface area (TPSA) is 69.2 Å². The highest BCUT2D eigenvalue weighted by molar-refractivity contribution is 5.96. The molecule has 1 aromatic rings. The van der Waals surface area contributed by atoms with E-state index in [0.717, 1.165) is 17.7 Å². The van der Waals surface area contributed by atoms with Crippen molar-refractivity contribution in [2.24, 2.45) is 23.7 Å². The van der Waals surface area contributed by atoms with Crippen LogP contribution in [0.4, 0.5) is 5.69 Å². The molecule has 0 aliphatic heterocycles. The van der Waals surface area contributed by atoms with Crippen LogP contribution in [0.5, 0.6) is 0 Å². The number of nitrogens with one attached hydrogen (secondary N) is 1. The number of aryl methyl sites for hydroxylation is 1. The van der Waals surface area contributed by atoms with Gasteiger partial charge in [-0.2, -0.15) is 0 Å². The Bertz CT molecular complexity index is 593. The predicted molar refractivity (Wildman–Crippen MR) is 72.5 cm³/mol. The lowest BCUT2D eigenvalue weighted by atomic mass is 9.82. The number of allylic oxidation sites excluding steroid dienone is 2. The molecule has 1 N–H and O–H groups in total. The summed E-state index contributed by atoms with van der Waals surface area (Å²) in [5.41, 5.74) is 1.70. The molecule has 3 rings (SSSR count). The number of aliphatic carboxylic acids is 1. The number of carbonyl (C=O) groups is 2. The number of carbonyl (C=O) groups excluding carboxylic acids is 2. The monoisotopic (exact) mass is 270 g/mol. The van der Waals surface area contributed by atoms with E-state index < -0.39 is 17.8 Å². The Kier molecular flexibility index (Phi) is 3.08. The summed E-state index contributed by atoms with van der Waals surface area (Å²) in [7, 11) is 0. The van der Waals surface area contributed by atoms with Gasteiger partial charge in [-0.15, -0.1) is 0 Å². The smallest absolute Gasteiger partial charge is 0.228 e. The molecule has 0 saturated heterocycles. The van der Waals surface area contributed by atoms with E-state index in [4.69, 9.17) is 0 Å². The van der Waals surface area contributed by atoms with E-state index in [2.05, 4.69) is 5.32 Å². The van der Waals surface area contributed by atoms with Crippen LogP contribution in [0.3, 0.4) is 0 Å². The van der Waals surface area contributed by atoms with Gasteiger partial charge in [-0.1, -0.05) is 30.4 Å². The van der Waals surface area contributed by atoms with Crippen molar-refractivity contribution in [3.63, 3.8) is 0 Å². The van der Waals surface area contributed by atoms with E-state index in [1.807, 2.05) is 43.3 Å². The van der Waals surface area contributed by atoms with Gasteiger partial charge >= 0.3 is 0 Å². The van der Waals surface area contributed by atoms with Crippen molar-refractivity contribution >= 4 is 17.6 Å². The van der Waals surface area contributed by atoms with Crippen LogP contribution in [0.25, 0.3) is 0 Å². The minimum absolute atomic E-state index is 0.0203. The summed E-state index contributed by atoms with van der Waals surface area (Å²) in [4.78, 5) is 23.7. The van der Waals surface area contributed by atoms with Gasteiger partial charge in [0.25, 0.3) is 0 Å². The van der Waals surface area contributed by atoms with Crippen LogP contribution in [0, 0.1) is 30.6 Å². The third-order valence-corrected chi connectivity index (χ3v) is 4.44. The molecule has 0 unspecified atom stereocenters. The summed E-state index contributed by atoms with van der Waals surface area (Å²) in [5, 5.41) is 14.2. The van der Waals surface area contributed by atoms with E-state index in [1.165, 1.54) is 0 Å². The Morgan fingerprint density at radius 1 is 1.15 bits per heavy atom. The molecule has 1 amide bonds. The van der Waals surface area contributed by atoms with Crippen LogP contribution >= 0.6 is 0 Å². The van der Waals surface area contributed by atoms with Crippen molar-refractivity contribution in [2.75, 3.05) is 5.32 Å². The number of para-hydroxylation sites is 1. The number of amides is 1. The fraction of sp³-hybridized carbons (Fsp3) is 0.375. The van der Waals surface area contributed by atoms with Gasteiger partial charge in [-0.25, -0.2) is 0 Å². The lowest BCUT2D eigenvalue weighted by Gasteiger charge is -2.28. The Morgan fingerprint density at radius 2 is 1.80 bits per heavy atom. The number of anilines is 1. The second-order valence-electron chi connectivity index (χ2n) is 5.62. The molecule has 2 aliphatic rings. The van der Waals surface area contributed by atoms with Gasteiger partial charge < -0.3 is 15.2 Å². The van der Waals surface area contributed by atoms with Crippen LogP contribution < -0.4 is 10.4 Å². The number of hydrogen-bond acceptors (Lipinski definition) is 3. The molecule has 0 spiro atoms. The Labute approximate surface area is 117 Å². The molecule has 2 bridgehead atoms. The van der Waals surface area contributed by atoms with Gasteiger partial charge in [0, 0.05) is 17.6 Å². The maximum atomic E-state index is 12.4. The number of benzene rings is 1. The lowest BCUT2D eigenvalue weighted by Crippen LogP contribution is -2.42. The zero-order chi connectivity index (χ0) is 14.3. The van der Waals surface area contributed by atoms with Gasteiger partial charge in [0.15, 0.2) is 0 Å². The Hall–Kier alpha value is -2.10. The molecule has 1 saturated carbocycles. The second kappa shape index (κ2) is 4.78. The summed E-state index contributed by atoms with van der Waals surface area (Å²) >= 11 is 0. The molecule has 20 heavy (non-hydrogen) atoms. The third kappa shape index (κ3) is 2.01. The SMILES string of the molecule is Cc1ccccc1NC(=O)[C@@H]1[C@@H](C(=O)[O-])[C@H]2C=C[C@H]1C2. The van der Waals surface area contributed by atoms with Crippen molar-refractivity contribution in [3.8, 4) is 0 Å². The normalized spacial score (nSPS) is 30.4. The highest BCUT2D eigenvalue weighted by Crippen LogP contribution is 2.48. The minimum Gasteiger partial charge on any atom is -0.550 e.